The van der Waals surface area contributed by atoms with E-state index in [0.29, 0.717) is 25.4 Å². The van der Waals surface area contributed by atoms with Gasteiger partial charge in [-0.05, 0) is 31.9 Å². The average Bonchev–Trinajstić information content (AvgIpc) is 3.26. The van der Waals surface area contributed by atoms with E-state index in [1.54, 1.807) is 12.4 Å². The van der Waals surface area contributed by atoms with Crippen LogP contribution in [-0.2, 0) is 4.74 Å². The lowest BCUT2D eigenvalue weighted by Gasteiger charge is -2.43. The zero-order chi connectivity index (χ0) is 17.3. The molecular weight excluding hydrogens is 338 g/mol. The maximum atomic E-state index is 12.8. The van der Waals surface area contributed by atoms with Crippen molar-refractivity contribution in [2.24, 2.45) is 5.41 Å². The number of likely N-dealkylation sites (tertiary alicyclic amines) is 1. The van der Waals surface area contributed by atoms with Gasteiger partial charge in [0.15, 0.2) is 0 Å². The number of thiazole rings is 1. The third-order valence-electron chi connectivity index (χ3n) is 5.05. The molecule has 2 aliphatic heterocycles. The van der Waals surface area contributed by atoms with Crippen LogP contribution in [0.1, 0.15) is 28.3 Å². The first-order valence-corrected chi connectivity index (χ1v) is 9.40. The van der Waals surface area contributed by atoms with Gasteiger partial charge < -0.3 is 14.4 Å². The number of carbonyl (C=O) groups is 1. The van der Waals surface area contributed by atoms with Gasteiger partial charge in [-0.3, -0.25) is 9.78 Å². The van der Waals surface area contributed by atoms with Crippen LogP contribution < -0.4 is 4.74 Å². The summed E-state index contributed by atoms with van der Waals surface area (Å²) in [5, 5.41) is 2.75. The second-order valence-corrected chi connectivity index (χ2v) is 7.78. The van der Waals surface area contributed by atoms with E-state index >= 15 is 0 Å². The summed E-state index contributed by atoms with van der Waals surface area (Å²) in [6.45, 7) is 4.52. The molecule has 4 rings (SSSR count). The van der Waals surface area contributed by atoms with Gasteiger partial charge in [-0.15, -0.1) is 11.3 Å². The predicted octanol–water partition coefficient (Wildman–Crippen LogP) is 2.55. The Kier molecular flexibility index (Phi) is 4.43. The van der Waals surface area contributed by atoms with Crippen LogP contribution in [0.5, 0.6) is 5.75 Å². The fourth-order valence-corrected chi connectivity index (χ4v) is 4.30. The van der Waals surface area contributed by atoms with Gasteiger partial charge in [0, 0.05) is 31.3 Å². The standard InChI is InChI=1S/C18H21N3O3S/c1-13-20-15(10-25-13)17(22)21-7-4-16-18(11-21,5-8-23-16)12-24-14-3-2-6-19-9-14/h2-3,6,9-10,16H,4-5,7-8,11-12H2,1H3/t16-,18+/m1/s1. The fourth-order valence-electron chi connectivity index (χ4n) is 3.71. The Bertz CT molecular complexity index is 751. The van der Waals surface area contributed by atoms with Crippen molar-refractivity contribution in [1.82, 2.24) is 14.9 Å². The van der Waals surface area contributed by atoms with Gasteiger partial charge in [-0.1, -0.05) is 0 Å². The van der Waals surface area contributed by atoms with Gasteiger partial charge in [-0.25, -0.2) is 4.98 Å². The maximum absolute atomic E-state index is 12.8. The molecule has 7 heteroatoms. The zero-order valence-electron chi connectivity index (χ0n) is 14.2. The van der Waals surface area contributed by atoms with E-state index in [9.17, 15) is 4.79 Å². The van der Waals surface area contributed by atoms with Crippen LogP contribution in [-0.4, -0.2) is 53.2 Å². The van der Waals surface area contributed by atoms with E-state index in [2.05, 4.69) is 9.97 Å². The van der Waals surface area contributed by atoms with Gasteiger partial charge >= 0.3 is 0 Å². The summed E-state index contributed by atoms with van der Waals surface area (Å²) >= 11 is 1.51. The summed E-state index contributed by atoms with van der Waals surface area (Å²) in [5.74, 6) is 0.761. The lowest BCUT2D eigenvalue weighted by Crippen LogP contribution is -2.54. The van der Waals surface area contributed by atoms with E-state index in [-0.39, 0.29) is 17.4 Å². The highest BCUT2D eigenvalue weighted by Crippen LogP contribution is 2.41. The van der Waals surface area contributed by atoms with Gasteiger partial charge in [0.25, 0.3) is 5.91 Å². The molecule has 25 heavy (non-hydrogen) atoms. The monoisotopic (exact) mass is 359 g/mol. The Morgan fingerprint density at radius 1 is 1.56 bits per heavy atom. The average molecular weight is 359 g/mol. The number of ether oxygens (including phenoxy) is 2. The number of nitrogens with zero attached hydrogens (tertiary/aromatic N) is 3. The summed E-state index contributed by atoms with van der Waals surface area (Å²) in [5.41, 5.74) is 0.387. The minimum absolute atomic E-state index is 0.00968. The normalized spacial score (nSPS) is 25.6. The highest BCUT2D eigenvalue weighted by Gasteiger charge is 2.49. The number of aromatic nitrogens is 2. The molecule has 0 N–H and O–H groups in total. The molecule has 2 fully saturated rings. The number of carbonyl (C=O) groups excluding carboxylic acids is 1. The van der Waals surface area contributed by atoms with E-state index in [1.807, 2.05) is 29.3 Å². The van der Waals surface area contributed by atoms with Crippen molar-refractivity contribution in [2.75, 3.05) is 26.3 Å². The second kappa shape index (κ2) is 6.72. The predicted molar refractivity (Wildman–Crippen MR) is 93.9 cm³/mol. The van der Waals surface area contributed by atoms with E-state index < -0.39 is 0 Å². The lowest BCUT2D eigenvalue weighted by molar-refractivity contribution is -0.0327. The first-order valence-electron chi connectivity index (χ1n) is 8.52. The molecule has 6 nitrogen and oxygen atoms in total. The van der Waals surface area contributed by atoms with Gasteiger partial charge in [-0.2, -0.15) is 0 Å². The molecule has 0 aromatic carbocycles. The molecule has 2 aromatic heterocycles. The largest absolute Gasteiger partial charge is 0.491 e. The minimum Gasteiger partial charge on any atom is -0.491 e. The van der Waals surface area contributed by atoms with Crippen molar-refractivity contribution in [3.05, 3.63) is 40.6 Å². The molecule has 2 aromatic rings. The number of rotatable bonds is 4. The molecule has 0 bridgehead atoms. The molecule has 0 unspecified atom stereocenters. The number of hydrogen-bond donors (Lipinski definition) is 0. The van der Waals surface area contributed by atoms with Crippen LogP contribution in [0, 0.1) is 12.3 Å². The summed E-state index contributed by atoms with van der Waals surface area (Å²) in [6.07, 6.45) is 5.32. The topological polar surface area (TPSA) is 64.6 Å². The van der Waals surface area contributed by atoms with Crippen molar-refractivity contribution in [3.8, 4) is 5.75 Å². The molecular formula is C18H21N3O3S. The van der Waals surface area contributed by atoms with Crippen molar-refractivity contribution in [3.63, 3.8) is 0 Å². The first-order chi connectivity index (χ1) is 12.2. The molecule has 1 amide bonds. The quantitative estimate of drug-likeness (QED) is 0.839. The van der Waals surface area contributed by atoms with Crippen LogP contribution in [0.25, 0.3) is 0 Å². The number of aryl methyl sites for hydroxylation is 1. The Hall–Kier alpha value is -1.99. The molecule has 0 radical (unpaired) electrons. The number of piperidine rings is 1. The Labute approximate surface area is 150 Å². The number of hydrogen-bond acceptors (Lipinski definition) is 6. The van der Waals surface area contributed by atoms with Gasteiger partial charge in [0.05, 0.1) is 29.3 Å². The van der Waals surface area contributed by atoms with Crippen molar-refractivity contribution < 1.29 is 14.3 Å². The number of fused-ring (bicyclic) bond motifs is 1. The SMILES string of the molecule is Cc1nc(C(=O)N2CC[C@H]3OCC[C@@]3(COc3cccnc3)C2)cs1. The third kappa shape index (κ3) is 3.26. The smallest absolute Gasteiger partial charge is 0.273 e. The number of pyridine rings is 1. The van der Waals surface area contributed by atoms with Crippen LogP contribution >= 0.6 is 11.3 Å². The molecule has 2 aliphatic rings. The van der Waals surface area contributed by atoms with Gasteiger partial charge in [0.1, 0.15) is 11.4 Å². The second-order valence-electron chi connectivity index (χ2n) is 6.72. The Morgan fingerprint density at radius 2 is 2.48 bits per heavy atom. The molecule has 132 valence electrons. The molecule has 4 heterocycles. The summed E-state index contributed by atoms with van der Waals surface area (Å²) in [4.78, 5) is 23.1. The highest BCUT2D eigenvalue weighted by molar-refractivity contribution is 7.09. The number of amides is 1. The molecule has 2 saturated heterocycles. The van der Waals surface area contributed by atoms with E-state index in [1.165, 1.54) is 11.3 Å². The summed E-state index contributed by atoms with van der Waals surface area (Å²) in [6, 6.07) is 3.76. The van der Waals surface area contributed by atoms with Crippen molar-refractivity contribution >= 4 is 17.2 Å². The van der Waals surface area contributed by atoms with Crippen LogP contribution in [0.2, 0.25) is 0 Å². The molecule has 0 spiro atoms. The molecule has 2 atom stereocenters. The maximum Gasteiger partial charge on any atom is 0.273 e. The van der Waals surface area contributed by atoms with Crippen molar-refractivity contribution in [1.29, 1.82) is 0 Å². The van der Waals surface area contributed by atoms with E-state index in [0.717, 1.165) is 30.2 Å². The minimum atomic E-state index is -0.158. The van der Waals surface area contributed by atoms with Crippen LogP contribution in [0.4, 0.5) is 0 Å². The third-order valence-corrected chi connectivity index (χ3v) is 5.83. The van der Waals surface area contributed by atoms with Crippen molar-refractivity contribution in [2.45, 2.75) is 25.9 Å². The highest BCUT2D eigenvalue weighted by atomic mass is 32.1. The molecule has 0 saturated carbocycles. The fraction of sp³-hybridized carbons (Fsp3) is 0.500. The summed E-state index contributed by atoms with van der Waals surface area (Å²) < 4.78 is 11.9. The molecule has 0 aliphatic carbocycles. The first kappa shape index (κ1) is 16.5. The van der Waals surface area contributed by atoms with E-state index in [4.69, 9.17) is 9.47 Å². The van der Waals surface area contributed by atoms with Crippen LogP contribution in [0.15, 0.2) is 29.9 Å². The summed E-state index contributed by atoms with van der Waals surface area (Å²) in [7, 11) is 0. The van der Waals surface area contributed by atoms with Gasteiger partial charge in [0.2, 0.25) is 0 Å². The van der Waals surface area contributed by atoms with Crippen LogP contribution in [0.3, 0.4) is 0 Å². The Morgan fingerprint density at radius 3 is 3.24 bits per heavy atom. The Balaban J connectivity index is 1.49. The zero-order valence-corrected chi connectivity index (χ0v) is 15.0. The lowest BCUT2D eigenvalue weighted by atomic mass is 9.77.